The third-order valence-corrected chi connectivity index (χ3v) is 8.90. The number of hydrogen-bond donors (Lipinski definition) is 0. The minimum Gasteiger partial charge on any atom is -0.449 e. The Bertz CT molecular complexity index is 1140. The van der Waals surface area contributed by atoms with E-state index in [2.05, 4.69) is 0 Å². The van der Waals surface area contributed by atoms with Crippen LogP contribution >= 0.6 is 12.2 Å². The van der Waals surface area contributed by atoms with Gasteiger partial charge in [-0.2, -0.15) is 4.31 Å². The van der Waals surface area contributed by atoms with E-state index in [9.17, 15) is 8.42 Å². The second kappa shape index (κ2) is 8.61. The summed E-state index contributed by atoms with van der Waals surface area (Å²) in [6.45, 7) is 2.33. The van der Waals surface area contributed by atoms with Gasteiger partial charge in [0.05, 0.1) is 4.90 Å². The van der Waals surface area contributed by atoms with Gasteiger partial charge >= 0.3 is 5.24 Å². The van der Waals surface area contributed by atoms with E-state index in [0.717, 1.165) is 43.2 Å². The van der Waals surface area contributed by atoms with Crippen LogP contribution in [0.5, 0.6) is 5.75 Å². The molecule has 1 fully saturated rings. The van der Waals surface area contributed by atoms with E-state index < -0.39 is 10.0 Å². The standard InChI is InChI=1S/C25H27NO4S2/c1-17-10-13-20(14-11-17)32(27,28)26-16-21-23(15-12-18-6-5-9-22(26)24(18)21)30-25(31)29-19-7-3-2-4-8-19/h2-4,7-8,10-11,13-14,18,22-23H,5-6,9,12,15-16H2,1H3. The van der Waals surface area contributed by atoms with Crippen molar-refractivity contribution in [3.05, 3.63) is 71.3 Å². The van der Waals surface area contributed by atoms with E-state index in [1.54, 1.807) is 16.4 Å². The maximum absolute atomic E-state index is 13.6. The molecule has 3 unspecified atom stereocenters. The zero-order chi connectivity index (χ0) is 22.3. The molecule has 0 N–H and O–H groups in total. The summed E-state index contributed by atoms with van der Waals surface area (Å²) in [6, 6.07) is 16.4. The van der Waals surface area contributed by atoms with Crippen molar-refractivity contribution in [2.45, 2.75) is 56.1 Å². The maximum Gasteiger partial charge on any atom is 0.358 e. The first-order valence-corrected chi connectivity index (χ1v) is 13.0. The van der Waals surface area contributed by atoms with E-state index in [1.807, 2.05) is 49.4 Å². The van der Waals surface area contributed by atoms with Gasteiger partial charge in [0.25, 0.3) is 0 Å². The summed E-state index contributed by atoms with van der Waals surface area (Å²) in [5.41, 5.74) is 3.40. The lowest BCUT2D eigenvalue weighted by molar-refractivity contribution is 0.156. The first-order valence-electron chi connectivity index (χ1n) is 11.2. The van der Waals surface area contributed by atoms with E-state index in [-0.39, 0.29) is 17.4 Å². The normalized spacial score (nSPS) is 25.3. The Morgan fingerprint density at radius 1 is 1.00 bits per heavy atom. The Balaban J connectivity index is 1.40. The molecule has 1 aliphatic heterocycles. The molecule has 5 nitrogen and oxygen atoms in total. The van der Waals surface area contributed by atoms with Gasteiger partial charge in [-0.3, -0.25) is 0 Å². The predicted molar refractivity (Wildman–Crippen MR) is 127 cm³/mol. The van der Waals surface area contributed by atoms with Gasteiger partial charge in [0.1, 0.15) is 11.9 Å². The van der Waals surface area contributed by atoms with Crippen molar-refractivity contribution in [2.75, 3.05) is 6.54 Å². The molecule has 0 radical (unpaired) electrons. The van der Waals surface area contributed by atoms with Gasteiger partial charge in [0.2, 0.25) is 10.0 Å². The van der Waals surface area contributed by atoms with Gasteiger partial charge in [-0.15, -0.1) is 0 Å². The van der Waals surface area contributed by atoms with Crippen LogP contribution in [-0.2, 0) is 14.8 Å². The Kier molecular flexibility index (Phi) is 5.82. The number of thiocarbonyl (C=S) groups is 1. The highest BCUT2D eigenvalue weighted by Gasteiger charge is 2.48. The minimum absolute atomic E-state index is 0.0786. The molecule has 2 aromatic carbocycles. The SMILES string of the molecule is Cc1ccc(S(=O)(=O)N2CC3=C4C(CCCC42)CCC3OC(=S)Oc2ccccc2)cc1. The van der Waals surface area contributed by atoms with Gasteiger partial charge in [0, 0.05) is 24.8 Å². The molecule has 168 valence electrons. The Morgan fingerprint density at radius 3 is 2.50 bits per heavy atom. The largest absolute Gasteiger partial charge is 0.449 e. The van der Waals surface area contributed by atoms with Crippen molar-refractivity contribution < 1.29 is 17.9 Å². The molecule has 32 heavy (non-hydrogen) atoms. The molecule has 3 aliphatic rings. The van der Waals surface area contributed by atoms with Crippen molar-refractivity contribution in [3.63, 3.8) is 0 Å². The molecule has 0 spiro atoms. The Labute approximate surface area is 195 Å². The first-order chi connectivity index (χ1) is 15.4. The van der Waals surface area contributed by atoms with Gasteiger partial charge in [0.15, 0.2) is 0 Å². The maximum atomic E-state index is 13.6. The average molecular weight is 470 g/mol. The molecule has 0 amide bonds. The van der Waals surface area contributed by atoms with Crippen LogP contribution in [0.15, 0.2) is 70.6 Å². The number of para-hydroxylation sites is 1. The van der Waals surface area contributed by atoms with E-state index in [1.165, 1.54) is 5.57 Å². The summed E-state index contributed by atoms with van der Waals surface area (Å²) in [5.74, 6) is 1.07. The van der Waals surface area contributed by atoms with Gasteiger partial charge in [-0.05, 0) is 73.9 Å². The lowest BCUT2D eigenvalue weighted by Crippen LogP contribution is -2.40. The molecule has 2 aliphatic carbocycles. The average Bonchev–Trinajstić information content (AvgIpc) is 3.19. The lowest BCUT2D eigenvalue weighted by atomic mass is 9.73. The van der Waals surface area contributed by atoms with Crippen molar-refractivity contribution in [3.8, 4) is 5.75 Å². The molecular weight excluding hydrogens is 442 g/mol. The third-order valence-electron chi connectivity index (χ3n) is 6.85. The topological polar surface area (TPSA) is 55.8 Å². The van der Waals surface area contributed by atoms with Crippen LogP contribution in [0.1, 0.15) is 37.7 Å². The molecule has 0 aromatic heterocycles. The number of nitrogens with zero attached hydrogens (tertiary/aromatic N) is 1. The highest BCUT2D eigenvalue weighted by Crippen LogP contribution is 2.48. The van der Waals surface area contributed by atoms with E-state index in [0.29, 0.717) is 23.1 Å². The van der Waals surface area contributed by atoms with Gasteiger partial charge in [-0.1, -0.05) is 42.3 Å². The van der Waals surface area contributed by atoms with Crippen LogP contribution in [-0.4, -0.2) is 36.7 Å². The summed E-state index contributed by atoms with van der Waals surface area (Å²) >= 11 is 5.37. The number of aryl methyl sites for hydroxylation is 1. The molecular formula is C25H27NO4S2. The lowest BCUT2D eigenvalue weighted by Gasteiger charge is -2.37. The second-order valence-corrected chi connectivity index (χ2v) is 11.1. The first kappa shape index (κ1) is 21.6. The second-order valence-electron chi connectivity index (χ2n) is 8.84. The van der Waals surface area contributed by atoms with E-state index >= 15 is 0 Å². The molecule has 5 rings (SSSR count). The number of sulfonamides is 1. The van der Waals surface area contributed by atoms with Crippen LogP contribution in [0.4, 0.5) is 0 Å². The zero-order valence-corrected chi connectivity index (χ0v) is 19.7. The van der Waals surface area contributed by atoms with Crippen molar-refractivity contribution in [1.82, 2.24) is 4.31 Å². The molecule has 1 heterocycles. The summed E-state index contributed by atoms with van der Waals surface area (Å²) < 4.78 is 40.6. The number of ether oxygens (including phenoxy) is 2. The molecule has 7 heteroatoms. The van der Waals surface area contributed by atoms with Gasteiger partial charge in [-0.25, -0.2) is 8.42 Å². The van der Waals surface area contributed by atoms with Crippen molar-refractivity contribution in [2.24, 2.45) is 5.92 Å². The fourth-order valence-corrected chi connectivity index (χ4v) is 7.18. The Morgan fingerprint density at radius 2 is 1.75 bits per heavy atom. The summed E-state index contributed by atoms with van der Waals surface area (Å²) in [5, 5.41) is 0.0833. The fourth-order valence-electron chi connectivity index (χ4n) is 5.35. The van der Waals surface area contributed by atoms with Crippen LogP contribution in [0.2, 0.25) is 0 Å². The van der Waals surface area contributed by atoms with Crippen LogP contribution < -0.4 is 4.74 Å². The van der Waals surface area contributed by atoms with Crippen molar-refractivity contribution in [1.29, 1.82) is 0 Å². The fraction of sp³-hybridized carbons (Fsp3) is 0.400. The number of benzene rings is 2. The van der Waals surface area contributed by atoms with E-state index in [4.69, 9.17) is 21.7 Å². The molecule has 3 atom stereocenters. The molecule has 2 aromatic rings. The minimum atomic E-state index is -3.59. The monoisotopic (exact) mass is 469 g/mol. The van der Waals surface area contributed by atoms with Crippen LogP contribution in [0.3, 0.4) is 0 Å². The summed E-state index contributed by atoms with van der Waals surface area (Å²) in [4.78, 5) is 0.352. The Hall–Kier alpha value is -2.22. The van der Waals surface area contributed by atoms with Crippen LogP contribution in [0, 0.1) is 12.8 Å². The van der Waals surface area contributed by atoms with Crippen LogP contribution in [0.25, 0.3) is 0 Å². The van der Waals surface area contributed by atoms with Gasteiger partial charge < -0.3 is 9.47 Å². The number of hydrogen-bond acceptors (Lipinski definition) is 5. The summed E-state index contributed by atoms with van der Waals surface area (Å²) in [7, 11) is -3.59. The number of rotatable bonds is 4. The smallest absolute Gasteiger partial charge is 0.358 e. The van der Waals surface area contributed by atoms with Crippen molar-refractivity contribution >= 4 is 27.5 Å². The molecule has 0 saturated heterocycles. The highest BCUT2D eigenvalue weighted by atomic mass is 32.2. The molecule has 0 bridgehead atoms. The predicted octanol–water partition coefficient (Wildman–Crippen LogP) is 5.01. The summed E-state index contributed by atoms with van der Waals surface area (Å²) in [6.07, 6.45) is 4.60. The zero-order valence-electron chi connectivity index (χ0n) is 18.1. The molecule has 1 saturated carbocycles. The highest BCUT2D eigenvalue weighted by molar-refractivity contribution is 7.89. The third kappa shape index (κ3) is 3.98. The quantitative estimate of drug-likeness (QED) is 0.466.